The van der Waals surface area contributed by atoms with Crippen molar-refractivity contribution in [2.75, 3.05) is 12.3 Å². The highest BCUT2D eigenvalue weighted by Crippen LogP contribution is 2.24. The van der Waals surface area contributed by atoms with Crippen LogP contribution in [0.1, 0.15) is 29.3 Å². The Morgan fingerprint density at radius 2 is 1.95 bits per heavy atom. The smallest absolute Gasteiger partial charge is 0.198 e. The van der Waals surface area contributed by atoms with E-state index in [9.17, 15) is 9.18 Å². The number of anilines is 1. The number of nitrogens with two attached hydrogens (primary N) is 1. The predicted molar refractivity (Wildman–Crippen MR) is 76.5 cm³/mol. The van der Waals surface area contributed by atoms with Crippen LogP contribution >= 0.6 is 0 Å². The van der Waals surface area contributed by atoms with Crippen LogP contribution in [0.5, 0.6) is 5.75 Å². The summed E-state index contributed by atoms with van der Waals surface area (Å²) in [5.41, 5.74) is 6.54. The molecule has 0 aromatic heterocycles. The maximum absolute atomic E-state index is 13.3. The first kappa shape index (κ1) is 14.1. The molecule has 0 spiro atoms. The van der Waals surface area contributed by atoms with Crippen LogP contribution in [0, 0.1) is 5.82 Å². The number of ketones is 1. The van der Waals surface area contributed by atoms with Gasteiger partial charge in [0.2, 0.25) is 0 Å². The summed E-state index contributed by atoms with van der Waals surface area (Å²) < 4.78 is 18.8. The first-order valence-electron chi connectivity index (χ1n) is 6.45. The van der Waals surface area contributed by atoms with Crippen LogP contribution in [-0.2, 0) is 0 Å². The van der Waals surface area contributed by atoms with Crippen molar-refractivity contribution in [1.82, 2.24) is 0 Å². The molecule has 4 heteroatoms. The summed E-state index contributed by atoms with van der Waals surface area (Å²) in [4.78, 5) is 12.5. The number of carbonyl (C=O) groups excluding carboxylic acids is 1. The van der Waals surface area contributed by atoms with E-state index in [4.69, 9.17) is 10.5 Å². The van der Waals surface area contributed by atoms with Crippen molar-refractivity contribution in [2.24, 2.45) is 0 Å². The standard InChI is InChI=1S/C16H16FNO2/c1-2-9-20-15-6-4-3-5-12(15)16(19)13-10-11(17)7-8-14(13)18/h3-8,10H,2,9,18H2,1H3. The Morgan fingerprint density at radius 3 is 2.70 bits per heavy atom. The summed E-state index contributed by atoms with van der Waals surface area (Å²) in [6.45, 7) is 2.50. The van der Waals surface area contributed by atoms with Gasteiger partial charge in [-0.3, -0.25) is 4.79 Å². The molecule has 2 aromatic rings. The monoisotopic (exact) mass is 273 g/mol. The van der Waals surface area contributed by atoms with Gasteiger partial charge in [-0.25, -0.2) is 4.39 Å². The van der Waals surface area contributed by atoms with Gasteiger partial charge in [-0.1, -0.05) is 19.1 Å². The van der Waals surface area contributed by atoms with Crippen molar-refractivity contribution in [3.63, 3.8) is 0 Å². The van der Waals surface area contributed by atoms with Crippen molar-refractivity contribution < 1.29 is 13.9 Å². The highest BCUT2D eigenvalue weighted by Gasteiger charge is 2.17. The number of benzene rings is 2. The van der Waals surface area contributed by atoms with Crippen molar-refractivity contribution >= 4 is 11.5 Å². The van der Waals surface area contributed by atoms with Crippen molar-refractivity contribution in [3.8, 4) is 5.75 Å². The molecule has 3 nitrogen and oxygen atoms in total. The van der Waals surface area contributed by atoms with Crippen molar-refractivity contribution in [1.29, 1.82) is 0 Å². The first-order chi connectivity index (χ1) is 9.63. The van der Waals surface area contributed by atoms with E-state index in [-0.39, 0.29) is 17.0 Å². The Kier molecular flexibility index (Phi) is 4.35. The first-order valence-corrected chi connectivity index (χ1v) is 6.45. The molecule has 0 amide bonds. The van der Waals surface area contributed by atoms with E-state index in [1.165, 1.54) is 12.1 Å². The maximum Gasteiger partial charge on any atom is 0.198 e. The van der Waals surface area contributed by atoms with E-state index in [1.807, 2.05) is 6.92 Å². The van der Waals surface area contributed by atoms with Gasteiger partial charge in [0.25, 0.3) is 0 Å². The number of rotatable bonds is 5. The largest absolute Gasteiger partial charge is 0.493 e. The molecule has 0 saturated carbocycles. The fourth-order valence-corrected chi connectivity index (χ4v) is 1.86. The Hall–Kier alpha value is -2.36. The zero-order valence-electron chi connectivity index (χ0n) is 11.2. The molecule has 0 aliphatic rings. The quantitative estimate of drug-likeness (QED) is 0.670. The third kappa shape index (κ3) is 2.96. The van der Waals surface area contributed by atoms with Crippen LogP contribution in [-0.4, -0.2) is 12.4 Å². The van der Waals surface area contributed by atoms with Crippen LogP contribution in [0.3, 0.4) is 0 Å². The summed E-state index contributed by atoms with van der Waals surface area (Å²) in [6.07, 6.45) is 0.838. The second-order valence-electron chi connectivity index (χ2n) is 4.41. The fraction of sp³-hybridized carbons (Fsp3) is 0.188. The third-order valence-electron chi connectivity index (χ3n) is 2.85. The fourth-order valence-electron chi connectivity index (χ4n) is 1.86. The van der Waals surface area contributed by atoms with Crippen LogP contribution < -0.4 is 10.5 Å². The Balaban J connectivity index is 2.40. The van der Waals surface area contributed by atoms with Gasteiger partial charge < -0.3 is 10.5 Å². The molecule has 0 unspecified atom stereocenters. The normalized spacial score (nSPS) is 10.3. The third-order valence-corrected chi connectivity index (χ3v) is 2.85. The molecule has 0 fully saturated rings. The van der Waals surface area contributed by atoms with Gasteiger partial charge in [0.05, 0.1) is 12.2 Å². The summed E-state index contributed by atoms with van der Waals surface area (Å²) in [6, 6.07) is 10.7. The van der Waals surface area contributed by atoms with Gasteiger partial charge in [-0.05, 0) is 36.8 Å². The average molecular weight is 273 g/mol. The molecule has 0 atom stereocenters. The number of halogens is 1. The van der Waals surface area contributed by atoms with Crippen LogP contribution in [0.25, 0.3) is 0 Å². The summed E-state index contributed by atoms with van der Waals surface area (Å²) in [7, 11) is 0. The minimum atomic E-state index is -0.491. The van der Waals surface area contributed by atoms with E-state index in [0.29, 0.717) is 17.9 Å². The van der Waals surface area contributed by atoms with Gasteiger partial charge in [-0.2, -0.15) is 0 Å². The molecule has 2 aromatic carbocycles. The lowest BCUT2D eigenvalue weighted by atomic mass is 10.0. The lowest BCUT2D eigenvalue weighted by Gasteiger charge is -2.11. The van der Waals surface area contributed by atoms with E-state index >= 15 is 0 Å². The minimum Gasteiger partial charge on any atom is -0.493 e. The van der Waals surface area contributed by atoms with Gasteiger partial charge in [0.1, 0.15) is 11.6 Å². The summed E-state index contributed by atoms with van der Waals surface area (Å²) in [5.74, 6) is -0.341. The molecular formula is C16H16FNO2. The molecule has 0 bridgehead atoms. The minimum absolute atomic E-state index is 0.151. The number of para-hydroxylation sites is 1. The van der Waals surface area contributed by atoms with Crippen LogP contribution in [0.2, 0.25) is 0 Å². The van der Waals surface area contributed by atoms with Crippen molar-refractivity contribution in [3.05, 3.63) is 59.4 Å². The highest BCUT2D eigenvalue weighted by molar-refractivity contribution is 6.13. The van der Waals surface area contributed by atoms with Gasteiger partial charge in [-0.15, -0.1) is 0 Å². The molecule has 2 rings (SSSR count). The van der Waals surface area contributed by atoms with E-state index < -0.39 is 5.82 Å². The number of carbonyl (C=O) groups is 1. The van der Waals surface area contributed by atoms with Gasteiger partial charge in [0.15, 0.2) is 5.78 Å². The zero-order chi connectivity index (χ0) is 14.5. The SMILES string of the molecule is CCCOc1ccccc1C(=O)c1cc(F)ccc1N. The summed E-state index contributed by atoms with van der Waals surface area (Å²) >= 11 is 0. The molecule has 0 saturated heterocycles. The van der Waals surface area contributed by atoms with Crippen LogP contribution in [0.15, 0.2) is 42.5 Å². The maximum atomic E-state index is 13.3. The highest BCUT2D eigenvalue weighted by atomic mass is 19.1. The molecule has 104 valence electrons. The number of nitrogen functional groups attached to an aromatic ring is 1. The molecule has 20 heavy (non-hydrogen) atoms. The summed E-state index contributed by atoms with van der Waals surface area (Å²) in [5, 5.41) is 0. The zero-order valence-corrected chi connectivity index (χ0v) is 11.2. The lowest BCUT2D eigenvalue weighted by Crippen LogP contribution is -2.08. The molecule has 0 heterocycles. The van der Waals surface area contributed by atoms with Crippen LogP contribution in [0.4, 0.5) is 10.1 Å². The lowest BCUT2D eigenvalue weighted by molar-refractivity contribution is 0.103. The topological polar surface area (TPSA) is 52.3 Å². The second kappa shape index (κ2) is 6.19. The van der Waals surface area contributed by atoms with Crippen molar-refractivity contribution in [2.45, 2.75) is 13.3 Å². The second-order valence-corrected chi connectivity index (χ2v) is 4.41. The Bertz CT molecular complexity index is 626. The average Bonchev–Trinajstić information content (AvgIpc) is 2.47. The molecule has 2 N–H and O–H groups in total. The van der Waals surface area contributed by atoms with E-state index in [2.05, 4.69) is 0 Å². The van der Waals surface area contributed by atoms with E-state index in [0.717, 1.165) is 12.5 Å². The molecule has 0 aliphatic carbocycles. The molecular weight excluding hydrogens is 257 g/mol. The number of ether oxygens (including phenoxy) is 1. The predicted octanol–water partition coefficient (Wildman–Crippen LogP) is 3.43. The molecule has 0 aliphatic heterocycles. The van der Waals surface area contributed by atoms with Gasteiger partial charge >= 0.3 is 0 Å². The van der Waals surface area contributed by atoms with Gasteiger partial charge in [0, 0.05) is 11.3 Å². The van der Waals surface area contributed by atoms with E-state index in [1.54, 1.807) is 24.3 Å². The molecule has 0 radical (unpaired) electrons. The Morgan fingerprint density at radius 1 is 1.20 bits per heavy atom. The number of hydrogen-bond acceptors (Lipinski definition) is 3. The Labute approximate surface area is 117 Å². The number of hydrogen-bond donors (Lipinski definition) is 1.